The molecule has 5 nitrogen and oxygen atoms in total. The lowest BCUT2D eigenvalue weighted by Crippen LogP contribution is -2.29. The highest BCUT2D eigenvalue weighted by atomic mass is 32.2. The van der Waals surface area contributed by atoms with Crippen LogP contribution in [0.25, 0.3) is 0 Å². The fourth-order valence-electron chi connectivity index (χ4n) is 4.00. The molecule has 0 aliphatic carbocycles. The molecule has 5 rings (SSSR count). The van der Waals surface area contributed by atoms with Crippen molar-refractivity contribution in [1.82, 2.24) is 10.3 Å². The smallest absolute Gasteiger partial charge is 0.174 e. The lowest BCUT2D eigenvalue weighted by atomic mass is 10.0. The summed E-state index contributed by atoms with van der Waals surface area (Å²) in [6.07, 6.45) is 1.80. The van der Waals surface area contributed by atoms with Crippen molar-refractivity contribution in [2.75, 3.05) is 12.0 Å². The number of nitrogens with zero attached hydrogens (tertiary/aromatic N) is 2. The van der Waals surface area contributed by atoms with Crippen molar-refractivity contribution < 1.29 is 9.15 Å². The topological polar surface area (TPSA) is 50.5 Å². The number of hydrogen-bond acceptors (Lipinski definition) is 5. The summed E-state index contributed by atoms with van der Waals surface area (Å²) >= 11 is 7.39. The van der Waals surface area contributed by atoms with Crippen LogP contribution in [0.3, 0.4) is 0 Å². The molecule has 2 atom stereocenters. The minimum atomic E-state index is -0.226. The van der Waals surface area contributed by atoms with Gasteiger partial charge in [-0.05, 0) is 67.7 Å². The predicted molar refractivity (Wildman–Crippen MR) is 135 cm³/mol. The van der Waals surface area contributed by atoms with Gasteiger partial charge >= 0.3 is 0 Å². The fourth-order valence-corrected chi connectivity index (χ4v) is 5.12. The van der Waals surface area contributed by atoms with E-state index in [4.69, 9.17) is 21.4 Å². The second-order valence-corrected chi connectivity index (χ2v) is 9.20. The van der Waals surface area contributed by atoms with Crippen molar-refractivity contribution in [2.24, 2.45) is 0 Å². The molecule has 0 radical (unpaired) electrons. The number of rotatable bonds is 6. The van der Waals surface area contributed by atoms with Crippen LogP contribution in [-0.4, -0.2) is 17.2 Å². The van der Waals surface area contributed by atoms with Gasteiger partial charge in [-0.1, -0.05) is 47.7 Å². The van der Waals surface area contributed by atoms with Gasteiger partial charge in [-0.25, -0.2) is 0 Å². The van der Waals surface area contributed by atoms with Crippen LogP contribution in [0.4, 0.5) is 5.69 Å². The van der Waals surface area contributed by atoms with Crippen molar-refractivity contribution in [3.05, 3.63) is 102 Å². The fraction of sp³-hybridized carbons (Fsp3) is 0.154. The van der Waals surface area contributed by atoms with E-state index in [0.717, 1.165) is 32.9 Å². The second kappa shape index (κ2) is 9.29. The third kappa shape index (κ3) is 4.34. The Balaban J connectivity index is 1.55. The van der Waals surface area contributed by atoms with Crippen molar-refractivity contribution in [1.29, 1.82) is 0 Å². The van der Waals surface area contributed by atoms with Gasteiger partial charge in [0, 0.05) is 11.1 Å². The van der Waals surface area contributed by atoms with Gasteiger partial charge in [-0.3, -0.25) is 4.98 Å². The van der Waals surface area contributed by atoms with E-state index in [2.05, 4.69) is 46.4 Å². The monoisotopic (exact) mass is 473 g/mol. The third-order valence-electron chi connectivity index (χ3n) is 5.58. The average molecular weight is 474 g/mol. The maximum absolute atomic E-state index is 6.38. The van der Waals surface area contributed by atoms with E-state index in [-0.39, 0.29) is 12.1 Å². The molecule has 0 unspecified atom stereocenters. The molecule has 1 fully saturated rings. The lowest BCUT2D eigenvalue weighted by Gasteiger charge is -2.27. The molecule has 166 valence electrons. The number of nitrogens with one attached hydrogen (secondary N) is 1. The van der Waals surface area contributed by atoms with Gasteiger partial charge in [-0.15, -0.1) is 0 Å². The van der Waals surface area contributed by atoms with Crippen LogP contribution in [0.5, 0.6) is 5.75 Å². The third-order valence-corrected chi connectivity index (χ3v) is 6.82. The Morgan fingerprint density at radius 3 is 2.55 bits per heavy atom. The van der Waals surface area contributed by atoms with Gasteiger partial charge in [-0.2, -0.15) is 0 Å². The number of anilines is 1. The Kier molecular flexibility index (Phi) is 6.07. The van der Waals surface area contributed by atoms with Crippen LogP contribution in [0, 0.1) is 6.92 Å². The molecular formula is C26H23N3O2S2. The molecule has 4 aromatic rings. The number of benzene rings is 2. The predicted octanol–water partition coefficient (Wildman–Crippen LogP) is 6.32. The zero-order valence-electron chi connectivity index (χ0n) is 18.3. The number of ether oxygens (including phenoxy) is 1. The first-order chi connectivity index (χ1) is 16.1. The van der Waals surface area contributed by atoms with Gasteiger partial charge in [0.15, 0.2) is 10.2 Å². The van der Waals surface area contributed by atoms with E-state index >= 15 is 0 Å². The SMILES string of the molecule is COc1ccccc1N1C(=S)N[C@H](c2ccccn2)[C@@H]1c1ccc(Sc2ccc(C)cc2)o1. The highest BCUT2D eigenvalue weighted by Crippen LogP contribution is 2.45. The summed E-state index contributed by atoms with van der Waals surface area (Å²) in [6.45, 7) is 2.08. The molecule has 0 amide bonds. The molecule has 1 N–H and O–H groups in total. The van der Waals surface area contributed by atoms with Crippen molar-refractivity contribution >= 4 is 34.8 Å². The number of para-hydroxylation sites is 2. The summed E-state index contributed by atoms with van der Waals surface area (Å²) in [6, 6.07) is 25.8. The van der Waals surface area contributed by atoms with Gasteiger partial charge in [0.05, 0.1) is 24.5 Å². The lowest BCUT2D eigenvalue weighted by molar-refractivity contribution is 0.380. The molecule has 1 aliphatic rings. The largest absolute Gasteiger partial charge is 0.495 e. The molecular weight excluding hydrogens is 450 g/mol. The van der Waals surface area contributed by atoms with E-state index < -0.39 is 0 Å². The summed E-state index contributed by atoms with van der Waals surface area (Å²) in [4.78, 5) is 7.79. The standard InChI is InChI=1S/C26H23N3O2S2/c1-17-10-12-18(13-11-17)33-23-15-14-22(31-23)25-24(19-7-5-6-16-27-19)28-26(32)29(25)20-8-3-4-9-21(20)30-2/h3-16,24-25H,1-2H3,(H,28,32)/t24-,25+/m1/s1. The Hall–Kier alpha value is -3.29. The van der Waals surface area contributed by atoms with Crippen molar-refractivity contribution in [3.8, 4) is 5.75 Å². The molecule has 3 heterocycles. The van der Waals surface area contributed by atoms with Crippen molar-refractivity contribution in [3.63, 3.8) is 0 Å². The minimum absolute atomic E-state index is 0.174. The summed E-state index contributed by atoms with van der Waals surface area (Å²) in [5.41, 5.74) is 3.01. The number of hydrogen-bond donors (Lipinski definition) is 1. The van der Waals surface area contributed by atoms with E-state index in [1.807, 2.05) is 54.6 Å². The van der Waals surface area contributed by atoms with Crippen molar-refractivity contribution in [2.45, 2.75) is 29.0 Å². The van der Waals surface area contributed by atoms with Crippen LogP contribution in [0.2, 0.25) is 0 Å². The normalized spacial score (nSPS) is 17.8. The van der Waals surface area contributed by atoms with E-state index in [1.165, 1.54) is 5.56 Å². The van der Waals surface area contributed by atoms with Crippen LogP contribution in [0.15, 0.2) is 99.5 Å². The zero-order valence-corrected chi connectivity index (χ0v) is 19.9. The summed E-state index contributed by atoms with van der Waals surface area (Å²) in [5.74, 6) is 1.55. The van der Waals surface area contributed by atoms with E-state index in [0.29, 0.717) is 5.11 Å². The molecule has 0 saturated carbocycles. The highest BCUT2D eigenvalue weighted by Gasteiger charge is 2.43. The van der Waals surface area contributed by atoms with Crippen LogP contribution in [0.1, 0.15) is 29.1 Å². The Labute approximate surface area is 202 Å². The molecule has 2 aromatic heterocycles. The molecule has 0 spiro atoms. The molecule has 1 aliphatic heterocycles. The van der Waals surface area contributed by atoms with Gasteiger partial charge in [0.25, 0.3) is 0 Å². The number of furan rings is 1. The zero-order chi connectivity index (χ0) is 22.8. The van der Waals surface area contributed by atoms with Gasteiger partial charge in [0.2, 0.25) is 0 Å². The average Bonchev–Trinajstić information content (AvgIpc) is 3.45. The molecule has 7 heteroatoms. The van der Waals surface area contributed by atoms with E-state index in [9.17, 15) is 0 Å². The van der Waals surface area contributed by atoms with Gasteiger partial charge in [0.1, 0.15) is 17.6 Å². The summed E-state index contributed by atoms with van der Waals surface area (Å²) in [5, 5.41) is 4.88. The quantitative estimate of drug-likeness (QED) is 0.329. The highest BCUT2D eigenvalue weighted by molar-refractivity contribution is 7.99. The van der Waals surface area contributed by atoms with E-state index in [1.54, 1.807) is 25.1 Å². The number of aryl methyl sites for hydroxylation is 1. The first-order valence-electron chi connectivity index (χ1n) is 10.6. The maximum Gasteiger partial charge on any atom is 0.174 e. The minimum Gasteiger partial charge on any atom is -0.495 e. The summed E-state index contributed by atoms with van der Waals surface area (Å²) in [7, 11) is 1.67. The van der Waals surface area contributed by atoms with Crippen LogP contribution >= 0.6 is 24.0 Å². The van der Waals surface area contributed by atoms with Crippen LogP contribution in [-0.2, 0) is 0 Å². The number of aromatic nitrogens is 1. The number of pyridine rings is 1. The second-order valence-electron chi connectivity index (χ2n) is 7.74. The first kappa shape index (κ1) is 21.6. The molecule has 1 saturated heterocycles. The van der Waals surface area contributed by atoms with Crippen LogP contribution < -0.4 is 15.0 Å². The molecule has 2 aromatic carbocycles. The number of thiocarbonyl (C=S) groups is 1. The van der Waals surface area contributed by atoms with Gasteiger partial charge < -0.3 is 19.4 Å². The molecule has 0 bridgehead atoms. The first-order valence-corrected chi connectivity index (χ1v) is 11.8. The Bertz CT molecular complexity index is 1260. The molecule has 33 heavy (non-hydrogen) atoms. The summed E-state index contributed by atoms with van der Waals surface area (Å²) < 4.78 is 12.0. The Morgan fingerprint density at radius 1 is 1.00 bits per heavy atom. The number of methoxy groups -OCH3 is 1. The maximum atomic E-state index is 6.38. The Morgan fingerprint density at radius 2 is 1.79 bits per heavy atom.